The fourth-order valence-electron chi connectivity index (χ4n) is 2.75. The van der Waals surface area contributed by atoms with Crippen LogP contribution in [0.5, 0.6) is 5.75 Å². The lowest BCUT2D eigenvalue weighted by Gasteiger charge is -2.20. The largest absolute Gasteiger partial charge is 0.486 e. The van der Waals surface area contributed by atoms with Gasteiger partial charge in [-0.2, -0.15) is 0 Å². The molecule has 1 heterocycles. The minimum Gasteiger partial charge on any atom is -0.486 e. The van der Waals surface area contributed by atoms with Crippen molar-refractivity contribution in [3.8, 4) is 17.0 Å². The van der Waals surface area contributed by atoms with Gasteiger partial charge in [0.05, 0.1) is 5.69 Å². The number of hydrogen-bond acceptors (Lipinski definition) is 4. The maximum absolute atomic E-state index is 6.31. The van der Waals surface area contributed by atoms with Gasteiger partial charge in [-0.1, -0.05) is 42.5 Å². The summed E-state index contributed by atoms with van der Waals surface area (Å²) in [5.41, 5.74) is 3.12. The van der Waals surface area contributed by atoms with E-state index in [1.807, 2.05) is 62.5 Å². The van der Waals surface area contributed by atoms with E-state index in [9.17, 15) is 0 Å². The van der Waals surface area contributed by atoms with Crippen molar-refractivity contribution in [1.29, 1.82) is 0 Å². The van der Waals surface area contributed by atoms with Gasteiger partial charge in [0.15, 0.2) is 0 Å². The highest BCUT2D eigenvalue weighted by Gasteiger charge is 2.13. The first-order chi connectivity index (χ1) is 12.3. The van der Waals surface area contributed by atoms with Crippen LogP contribution in [0.2, 0.25) is 0 Å². The zero-order valence-electron chi connectivity index (χ0n) is 14.6. The van der Waals surface area contributed by atoms with Gasteiger partial charge in [0, 0.05) is 18.2 Å². The Morgan fingerprint density at radius 3 is 2.64 bits per heavy atom. The van der Waals surface area contributed by atoms with Gasteiger partial charge in [-0.25, -0.2) is 9.97 Å². The second-order valence-corrected chi connectivity index (χ2v) is 5.93. The van der Waals surface area contributed by atoms with Crippen LogP contribution in [0.3, 0.4) is 0 Å². The molecule has 128 valence electrons. The summed E-state index contributed by atoms with van der Waals surface area (Å²) in [6.07, 6.45) is 2.69. The molecule has 1 atom stereocenters. The summed E-state index contributed by atoms with van der Waals surface area (Å²) in [7, 11) is 1.96. The standard InChI is InChI=1S/C21H23N3O/c1-16-23-14-11-20(24-16)18-9-6-10-19(15-18)25-21(12-13-22-2)17-7-4-3-5-8-17/h3-11,14-15,21-22H,12-13H2,1-2H3/t21-/m0/s1. The lowest BCUT2D eigenvalue weighted by Crippen LogP contribution is -2.16. The number of aromatic nitrogens is 2. The lowest BCUT2D eigenvalue weighted by molar-refractivity contribution is 0.195. The van der Waals surface area contributed by atoms with Gasteiger partial charge in [-0.05, 0) is 44.3 Å². The highest BCUT2D eigenvalue weighted by Crippen LogP contribution is 2.28. The maximum Gasteiger partial charge on any atom is 0.125 e. The monoisotopic (exact) mass is 333 g/mol. The average Bonchev–Trinajstić information content (AvgIpc) is 2.66. The van der Waals surface area contributed by atoms with Gasteiger partial charge in [-0.15, -0.1) is 0 Å². The molecule has 0 fully saturated rings. The van der Waals surface area contributed by atoms with Crippen molar-refractivity contribution < 1.29 is 4.74 Å². The first kappa shape index (κ1) is 17.1. The molecule has 0 saturated carbocycles. The van der Waals surface area contributed by atoms with Crippen molar-refractivity contribution in [2.75, 3.05) is 13.6 Å². The lowest BCUT2D eigenvalue weighted by atomic mass is 10.1. The SMILES string of the molecule is CNCC[C@H](Oc1cccc(-c2ccnc(C)n2)c1)c1ccccc1. The summed E-state index contributed by atoms with van der Waals surface area (Å²) < 4.78 is 6.31. The van der Waals surface area contributed by atoms with Gasteiger partial charge < -0.3 is 10.1 Å². The first-order valence-electron chi connectivity index (χ1n) is 8.52. The van der Waals surface area contributed by atoms with E-state index in [0.717, 1.165) is 35.8 Å². The Kier molecular flexibility index (Phi) is 5.75. The van der Waals surface area contributed by atoms with Crippen LogP contribution in [0.25, 0.3) is 11.3 Å². The zero-order chi connectivity index (χ0) is 17.5. The van der Waals surface area contributed by atoms with Crippen molar-refractivity contribution in [3.05, 3.63) is 78.2 Å². The van der Waals surface area contributed by atoms with Crippen molar-refractivity contribution in [1.82, 2.24) is 15.3 Å². The third kappa shape index (κ3) is 4.64. The Labute approximate surface area is 148 Å². The second kappa shape index (κ2) is 8.40. The third-order valence-corrected chi connectivity index (χ3v) is 4.01. The summed E-state index contributed by atoms with van der Waals surface area (Å²) in [5.74, 6) is 1.61. The van der Waals surface area contributed by atoms with Crippen LogP contribution >= 0.6 is 0 Å². The Balaban J connectivity index is 1.84. The van der Waals surface area contributed by atoms with E-state index in [2.05, 4.69) is 27.4 Å². The molecule has 1 aromatic heterocycles. The van der Waals surface area contributed by atoms with E-state index in [1.54, 1.807) is 6.20 Å². The Bertz CT molecular complexity index is 805. The molecular weight excluding hydrogens is 310 g/mol. The summed E-state index contributed by atoms with van der Waals surface area (Å²) in [5, 5.41) is 3.20. The van der Waals surface area contributed by atoms with Gasteiger partial charge in [0.2, 0.25) is 0 Å². The van der Waals surface area contributed by atoms with E-state index in [4.69, 9.17) is 4.74 Å². The maximum atomic E-state index is 6.31. The summed E-state index contributed by atoms with van der Waals surface area (Å²) in [6, 6.07) is 20.3. The molecule has 4 nitrogen and oxygen atoms in total. The predicted octanol–water partition coefficient (Wildman–Crippen LogP) is 4.18. The predicted molar refractivity (Wildman–Crippen MR) is 101 cm³/mol. The molecule has 0 aliphatic heterocycles. The quantitative estimate of drug-likeness (QED) is 0.704. The third-order valence-electron chi connectivity index (χ3n) is 4.01. The van der Waals surface area contributed by atoms with Gasteiger partial charge in [0.25, 0.3) is 0 Å². The van der Waals surface area contributed by atoms with Crippen molar-refractivity contribution in [2.24, 2.45) is 0 Å². The van der Waals surface area contributed by atoms with E-state index in [-0.39, 0.29) is 6.10 Å². The van der Waals surface area contributed by atoms with Crippen LogP contribution in [0.4, 0.5) is 0 Å². The number of nitrogens with zero attached hydrogens (tertiary/aromatic N) is 2. The smallest absolute Gasteiger partial charge is 0.125 e. The summed E-state index contributed by atoms with van der Waals surface area (Å²) in [6.45, 7) is 2.79. The fraction of sp³-hybridized carbons (Fsp3) is 0.238. The average molecular weight is 333 g/mol. The van der Waals surface area contributed by atoms with Crippen LogP contribution in [0, 0.1) is 6.92 Å². The van der Waals surface area contributed by atoms with Crippen LogP contribution in [0.1, 0.15) is 23.9 Å². The van der Waals surface area contributed by atoms with Gasteiger partial charge in [0.1, 0.15) is 17.7 Å². The number of ether oxygens (including phenoxy) is 1. The van der Waals surface area contributed by atoms with E-state index >= 15 is 0 Å². The molecule has 3 rings (SSSR count). The van der Waals surface area contributed by atoms with Gasteiger partial charge >= 0.3 is 0 Å². The molecular formula is C21H23N3O. The van der Waals surface area contributed by atoms with Crippen molar-refractivity contribution >= 4 is 0 Å². The number of nitrogens with one attached hydrogen (secondary N) is 1. The number of benzene rings is 2. The molecule has 3 aromatic rings. The molecule has 0 amide bonds. The summed E-state index contributed by atoms with van der Waals surface area (Å²) >= 11 is 0. The molecule has 0 aliphatic carbocycles. The Morgan fingerprint density at radius 2 is 1.88 bits per heavy atom. The van der Waals surface area contributed by atoms with E-state index in [1.165, 1.54) is 5.56 Å². The highest BCUT2D eigenvalue weighted by molar-refractivity contribution is 5.60. The van der Waals surface area contributed by atoms with E-state index < -0.39 is 0 Å². The van der Waals surface area contributed by atoms with Crippen LogP contribution in [-0.2, 0) is 0 Å². The second-order valence-electron chi connectivity index (χ2n) is 5.93. The van der Waals surface area contributed by atoms with Gasteiger partial charge in [-0.3, -0.25) is 0 Å². The molecule has 4 heteroatoms. The minimum absolute atomic E-state index is 0.0102. The molecule has 1 N–H and O–H groups in total. The molecule has 0 radical (unpaired) electrons. The molecule has 0 unspecified atom stereocenters. The molecule has 0 bridgehead atoms. The number of aryl methyl sites for hydroxylation is 1. The van der Waals surface area contributed by atoms with E-state index in [0.29, 0.717) is 0 Å². The Morgan fingerprint density at radius 1 is 1.04 bits per heavy atom. The number of rotatable bonds is 7. The van der Waals surface area contributed by atoms with Crippen LogP contribution in [0.15, 0.2) is 66.9 Å². The first-order valence-corrected chi connectivity index (χ1v) is 8.52. The fourth-order valence-corrected chi connectivity index (χ4v) is 2.75. The zero-order valence-corrected chi connectivity index (χ0v) is 14.6. The molecule has 25 heavy (non-hydrogen) atoms. The number of hydrogen-bond donors (Lipinski definition) is 1. The topological polar surface area (TPSA) is 47.0 Å². The normalized spacial score (nSPS) is 11.9. The molecule has 0 saturated heterocycles. The molecule has 0 aliphatic rings. The molecule has 0 spiro atoms. The van der Waals surface area contributed by atoms with Crippen molar-refractivity contribution in [2.45, 2.75) is 19.4 Å². The minimum atomic E-state index is 0.0102. The van der Waals surface area contributed by atoms with Crippen molar-refractivity contribution in [3.63, 3.8) is 0 Å². The van der Waals surface area contributed by atoms with Crippen LogP contribution < -0.4 is 10.1 Å². The molecule has 2 aromatic carbocycles. The summed E-state index contributed by atoms with van der Waals surface area (Å²) in [4.78, 5) is 8.66. The highest BCUT2D eigenvalue weighted by atomic mass is 16.5. The van der Waals surface area contributed by atoms with Crippen LogP contribution in [-0.4, -0.2) is 23.6 Å². The Hall–Kier alpha value is -2.72.